The molecule has 0 bridgehead atoms. The number of carbonyl (C=O) groups is 1. The number of nitrogens with one attached hydrogen (secondary N) is 1. The summed E-state index contributed by atoms with van der Waals surface area (Å²) in [7, 11) is 0. The van der Waals surface area contributed by atoms with Crippen molar-refractivity contribution in [2.75, 3.05) is 11.4 Å². The SMILES string of the molecule is C[C@H](N[C@H]1CCN(c2sccc2C#N)C1=O)c1ccc(F)c(F)c1. The van der Waals surface area contributed by atoms with Gasteiger partial charge in [-0.15, -0.1) is 11.3 Å². The molecule has 1 saturated heterocycles. The van der Waals surface area contributed by atoms with Gasteiger partial charge in [0, 0.05) is 12.6 Å². The van der Waals surface area contributed by atoms with Gasteiger partial charge in [0.2, 0.25) is 5.91 Å². The van der Waals surface area contributed by atoms with Crippen LogP contribution in [0.2, 0.25) is 0 Å². The van der Waals surface area contributed by atoms with Crippen molar-refractivity contribution >= 4 is 22.2 Å². The topological polar surface area (TPSA) is 56.1 Å². The van der Waals surface area contributed by atoms with Gasteiger partial charge in [-0.05, 0) is 42.5 Å². The zero-order valence-electron chi connectivity index (χ0n) is 12.9. The smallest absolute Gasteiger partial charge is 0.244 e. The van der Waals surface area contributed by atoms with Crippen LogP contribution in [0, 0.1) is 23.0 Å². The van der Waals surface area contributed by atoms with Crippen molar-refractivity contribution in [2.24, 2.45) is 0 Å². The maximum absolute atomic E-state index is 13.4. The maximum Gasteiger partial charge on any atom is 0.244 e. The Bertz CT molecular complexity index is 814. The predicted molar refractivity (Wildman–Crippen MR) is 87.7 cm³/mol. The Balaban J connectivity index is 1.72. The number of carbonyl (C=O) groups excluding carboxylic acids is 1. The number of amides is 1. The third kappa shape index (κ3) is 3.03. The van der Waals surface area contributed by atoms with E-state index in [2.05, 4.69) is 11.4 Å². The van der Waals surface area contributed by atoms with Gasteiger partial charge in [0.1, 0.15) is 11.1 Å². The highest BCUT2D eigenvalue weighted by molar-refractivity contribution is 7.14. The lowest BCUT2D eigenvalue weighted by molar-refractivity contribution is -0.118. The molecule has 3 rings (SSSR count). The van der Waals surface area contributed by atoms with Gasteiger partial charge in [-0.25, -0.2) is 8.78 Å². The molecule has 4 nitrogen and oxygen atoms in total. The molecule has 2 heterocycles. The molecule has 2 aromatic rings. The van der Waals surface area contributed by atoms with Crippen molar-refractivity contribution in [1.82, 2.24) is 5.32 Å². The molecule has 0 aliphatic carbocycles. The van der Waals surface area contributed by atoms with Crippen LogP contribution in [0.3, 0.4) is 0 Å². The summed E-state index contributed by atoms with van der Waals surface area (Å²) in [6.45, 7) is 2.32. The van der Waals surface area contributed by atoms with Crippen LogP contribution in [0.15, 0.2) is 29.6 Å². The molecule has 0 saturated carbocycles. The summed E-state index contributed by atoms with van der Waals surface area (Å²) in [5.41, 5.74) is 1.07. The molecule has 124 valence electrons. The van der Waals surface area contributed by atoms with Gasteiger partial charge in [0.05, 0.1) is 11.6 Å². The van der Waals surface area contributed by atoms with Gasteiger partial charge < -0.3 is 4.90 Å². The van der Waals surface area contributed by atoms with Crippen LogP contribution in [0.25, 0.3) is 0 Å². The average Bonchev–Trinajstić information content (AvgIpc) is 3.17. The van der Waals surface area contributed by atoms with Crippen molar-refractivity contribution in [1.29, 1.82) is 5.26 Å². The van der Waals surface area contributed by atoms with E-state index in [0.29, 0.717) is 29.1 Å². The number of halogens is 2. The number of benzene rings is 1. The summed E-state index contributed by atoms with van der Waals surface area (Å²) in [5, 5.41) is 14.7. The summed E-state index contributed by atoms with van der Waals surface area (Å²) < 4.78 is 26.4. The van der Waals surface area contributed by atoms with Crippen LogP contribution in [0.4, 0.5) is 13.8 Å². The first kappa shape index (κ1) is 16.6. The molecule has 0 unspecified atom stereocenters. The van der Waals surface area contributed by atoms with Crippen LogP contribution in [-0.4, -0.2) is 18.5 Å². The average molecular weight is 347 g/mol. The Morgan fingerprint density at radius 1 is 1.38 bits per heavy atom. The zero-order chi connectivity index (χ0) is 17.3. The van der Waals surface area contributed by atoms with E-state index in [1.54, 1.807) is 23.3 Å². The Hall–Kier alpha value is -2.30. The van der Waals surface area contributed by atoms with Crippen molar-refractivity contribution < 1.29 is 13.6 Å². The number of rotatable bonds is 4. The van der Waals surface area contributed by atoms with E-state index in [-0.39, 0.29) is 11.9 Å². The van der Waals surface area contributed by atoms with Crippen molar-refractivity contribution in [2.45, 2.75) is 25.4 Å². The lowest BCUT2D eigenvalue weighted by Gasteiger charge is -2.20. The summed E-state index contributed by atoms with van der Waals surface area (Å²) in [4.78, 5) is 14.2. The minimum Gasteiger partial charge on any atom is -0.301 e. The largest absolute Gasteiger partial charge is 0.301 e. The number of hydrogen-bond acceptors (Lipinski definition) is 4. The van der Waals surface area contributed by atoms with Crippen LogP contribution in [0.5, 0.6) is 0 Å². The molecule has 1 aliphatic heterocycles. The lowest BCUT2D eigenvalue weighted by atomic mass is 10.1. The van der Waals surface area contributed by atoms with Crippen molar-refractivity contribution in [3.05, 3.63) is 52.4 Å². The summed E-state index contributed by atoms with van der Waals surface area (Å²) in [6.07, 6.45) is 0.593. The van der Waals surface area contributed by atoms with Gasteiger partial charge in [0.25, 0.3) is 0 Å². The highest BCUT2D eigenvalue weighted by Gasteiger charge is 2.35. The minimum absolute atomic E-state index is 0.108. The standard InChI is InChI=1S/C17H15F2N3OS/c1-10(11-2-3-13(18)14(19)8-11)21-15-4-6-22(16(15)23)17-12(9-20)5-7-24-17/h2-3,5,7-8,10,15,21H,4,6H2,1H3/t10-,15-/m0/s1. The first-order valence-corrected chi connectivity index (χ1v) is 8.39. The fourth-order valence-corrected chi connectivity index (χ4v) is 3.69. The molecule has 1 aromatic heterocycles. The molecule has 1 N–H and O–H groups in total. The minimum atomic E-state index is -0.905. The monoisotopic (exact) mass is 347 g/mol. The Labute approximate surface area is 142 Å². The molecular weight excluding hydrogens is 332 g/mol. The van der Waals surface area contributed by atoms with Gasteiger partial charge in [-0.1, -0.05) is 6.07 Å². The van der Waals surface area contributed by atoms with Crippen LogP contribution < -0.4 is 10.2 Å². The van der Waals surface area contributed by atoms with Gasteiger partial charge in [-0.2, -0.15) is 5.26 Å². The van der Waals surface area contributed by atoms with E-state index < -0.39 is 17.7 Å². The van der Waals surface area contributed by atoms with Crippen LogP contribution in [0.1, 0.15) is 30.5 Å². The fraction of sp³-hybridized carbons (Fsp3) is 0.294. The van der Waals surface area contributed by atoms with Crippen LogP contribution in [-0.2, 0) is 4.79 Å². The molecule has 0 radical (unpaired) electrons. The molecule has 1 amide bonds. The summed E-state index contributed by atoms with van der Waals surface area (Å²) in [6, 6.07) is 6.78. The predicted octanol–water partition coefficient (Wildman–Crippen LogP) is 3.35. The molecular formula is C17H15F2N3OS. The quantitative estimate of drug-likeness (QED) is 0.923. The molecule has 1 fully saturated rings. The van der Waals surface area contributed by atoms with Crippen molar-refractivity contribution in [3.63, 3.8) is 0 Å². The van der Waals surface area contributed by atoms with E-state index >= 15 is 0 Å². The second-order valence-electron chi connectivity index (χ2n) is 5.64. The zero-order valence-corrected chi connectivity index (χ0v) is 13.7. The van der Waals surface area contributed by atoms with E-state index in [1.807, 2.05) is 0 Å². The third-order valence-corrected chi connectivity index (χ3v) is 5.05. The Kier molecular flexibility index (Phi) is 4.60. The van der Waals surface area contributed by atoms with E-state index in [4.69, 9.17) is 5.26 Å². The highest BCUT2D eigenvalue weighted by Crippen LogP contribution is 2.31. The van der Waals surface area contributed by atoms with E-state index in [9.17, 15) is 13.6 Å². The maximum atomic E-state index is 13.4. The summed E-state index contributed by atoms with van der Waals surface area (Å²) in [5.74, 6) is -1.91. The molecule has 2 atom stereocenters. The highest BCUT2D eigenvalue weighted by atomic mass is 32.1. The van der Waals surface area contributed by atoms with Crippen LogP contribution >= 0.6 is 11.3 Å². The van der Waals surface area contributed by atoms with E-state index in [1.165, 1.54) is 17.4 Å². The van der Waals surface area contributed by atoms with Gasteiger partial charge >= 0.3 is 0 Å². The molecule has 24 heavy (non-hydrogen) atoms. The summed E-state index contributed by atoms with van der Waals surface area (Å²) >= 11 is 1.36. The fourth-order valence-electron chi connectivity index (χ4n) is 2.81. The second kappa shape index (κ2) is 6.67. The number of nitrogens with zero attached hydrogens (tertiary/aromatic N) is 2. The molecule has 1 aromatic carbocycles. The van der Waals surface area contributed by atoms with Crippen molar-refractivity contribution in [3.8, 4) is 6.07 Å². The normalized spacial score (nSPS) is 18.7. The second-order valence-corrected chi connectivity index (χ2v) is 6.54. The molecule has 7 heteroatoms. The number of anilines is 1. The number of nitriles is 1. The third-order valence-electron chi connectivity index (χ3n) is 4.11. The molecule has 0 spiro atoms. The van der Waals surface area contributed by atoms with Gasteiger partial charge in [-0.3, -0.25) is 10.1 Å². The number of thiophene rings is 1. The Morgan fingerprint density at radius 3 is 2.88 bits per heavy atom. The Morgan fingerprint density at radius 2 is 2.17 bits per heavy atom. The molecule has 1 aliphatic rings. The van der Waals surface area contributed by atoms with E-state index in [0.717, 1.165) is 12.1 Å². The lowest BCUT2D eigenvalue weighted by Crippen LogP contribution is -2.39. The first-order valence-electron chi connectivity index (χ1n) is 7.51. The first-order chi connectivity index (χ1) is 11.5. The van der Waals surface area contributed by atoms with Gasteiger partial charge in [0.15, 0.2) is 11.6 Å². The number of hydrogen-bond donors (Lipinski definition) is 1.